The van der Waals surface area contributed by atoms with Gasteiger partial charge in [0.15, 0.2) is 0 Å². The van der Waals surface area contributed by atoms with Crippen LogP contribution < -0.4 is 5.73 Å². The van der Waals surface area contributed by atoms with Crippen molar-refractivity contribution in [2.45, 2.75) is 24.9 Å². The maximum Gasteiger partial charge on any atom is 0.0484 e. The lowest BCUT2D eigenvalue weighted by Gasteiger charge is -2.36. The van der Waals surface area contributed by atoms with Crippen molar-refractivity contribution in [1.82, 2.24) is 9.88 Å². The second kappa shape index (κ2) is 4.47. The van der Waals surface area contributed by atoms with Crippen LogP contribution in [-0.4, -0.2) is 29.5 Å². The molecule has 4 heteroatoms. The number of pyridine rings is 1. The second-order valence-corrected chi connectivity index (χ2v) is 4.60. The highest BCUT2D eigenvalue weighted by atomic mass is 35.5. The van der Waals surface area contributed by atoms with Crippen LogP contribution in [-0.2, 0) is 0 Å². The summed E-state index contributed by atoms with van der Waals surface area (Å²) in [5, 5.41) is 0.803. The van der Waals surface area contributed by atoms with Gasteiger partial charge < -0.3 is 5.73 Å². The summed E-state index contributed by atoms with van der Waals surface area (Å²) in [4.78, 5) is 6.39. The van der Waals surface area contributed by atoms with E-state index in [1.807, 2.05) is 12.3 Å². The van der Waals surface area contributed by atoms with Gasteiger partial charge in [0.1, 0.15) is 0 Å². The molecule has 2 rings (SSSR count). The highest BCUT2D eigenvalue weighted by molar-refractivity contribution is 6.31. The molecule has 0 aliphatic carbocycles. The summed E-state index contributed by atoms with van der Waals surface area (Å²) in [5.41, 5.74) is 7.03. The monoisotopic (exact) mass is 225 g/mol. The standard InChI is InChI=1S/C11H16ClN3/c1-15-7-8(13)2-3-11(15)9-6-14-5-4-10(9)12/h4-6,8,11H,2-3,7,13H2,1H3. The van der Waals surface area contributed by atoms with E-state index in [1.54, 1.807) is 6.20 Å². The number of hydrogen-bond donors (Lipinski definition) is 1. The van der Waals surface area contributed by atoms with Crippen molar-refractivity contribution in [3.8, 4) is 0 Å². The first-order chi connectivity index (χ1) is 7.18. The first-order valence-electron chi connectivity index (χ1n) is 5.23. The Morgan fingerprint density at radius 1 is 1.53 bits per heavy atom. The third-order valence-electron chi connectivity index (χ3n) is 3.02. The van der Waals surface area contributed by atoms with Crippen LogP contribution >= 0.6 is 11.6 Å². The Morgan fingerprint density at radius 3 is 3.00 bits per heavy atom. The van der Waals surface area contributed by atoms with Gasteiger partial charge in [-0.3, -0.25) is 9.88 Å². The van der Waals surface area contributed by atoms with Crippen molar-refractivity contribution >= 4 is 11.6 Å². The number of likely N-dealkylation sites (tertiary alicyclic amines) is 1. The average Bonchev–Trinajstić information content (AvgIpc) is 2.20. The summed E-state index contributed by atoms with van der Waals surface area (Å²) < 4.78 is 0. The molecule has 0 amide bonds. The molecular weight excluding hydrogens is 210 g/mol. The molecule has 2 unspecified atom stereocenters. The van der Waals surface area contributed by atoms with Crippen molar-refractivity contribution in [1.29, 1.82) is 0 Å². The zero-order valence-electron chi connectivity index (χ0n) is 8.86. The van der Waals surface area contributed by atoms with Crippen molar-refractivity contribution in [3.63, 3.8) is 0 Å². The number of aromatic nitrogens is 1. The van der Waals surface area contributed by atoms with E-state index in [9.17, 15) is 0 Å². The Kier molecular flexibility index (Phi) is 3.24. The van der Waals surface area contributed by atoms with Crippen LogP contribution in [0, 0.1) is 0 Å². The van der Waals surface area contributed by atoms with Gasteiger partial charge in [0.25, 0.3) is 0 Å². The molecule has 2 heterocycles. The predicted octanol–water partition coefficient (Wildman–Crippen LogP) is 1.83. The van der Waals surface area contributed by atoms with E-state index in [1.165, 1.54) is 0 Å². The molecule has 1 aliphatic rings. The number of piperidine rings is 1. The van der Waals surface area contributed by atoms with Gasteiger partial charge in [-0.1, -0.05) is 11.6 Å². The molecular formula is C11H16ClN3. The van der Waals surface area contributed by atoms with Gasteiger partial charge in [-0.15, -0.1) is 0 Å². The molecule has 0 spiro atoms. The Labute approximate surface area is 95.2 Å². The smallest absolute Gasteiger partial charge is 0.0484 e. The summed E-state index contributed by atoms with van der Waals surface area (Å²) in [6, 6.07) is 2.51. The van der Waals surface area contributed by atoms with Crippen molar-refractivity contribution in [3.05, 3.63) is 29.0 Å². The minimum atomic E-state index is 0.293. The number of rotatable bonds is 1. The molecule has 1 saturated heterocycles. The molecule has 0 bridgehead atoms. The van der Waals surface area contributed by atoms with Crippen molar-refractivity contribution in [2.24, 2.45) is 5.73 Å². The molecule has 15 heavy (non-hydrogen) atoms. The van der Waals surface area contributed by atoms with Crippen LogP contribution in [0.2, 0.25) is 5.02 Å². The van der Waals surface area contributed by atoms with Gasteiger partial charge >= 0.3 is 0 Å². The summed E-state index contributed by atoms with van der Waals surface area (Å²) in [5.74, 6) is 0. The first kappa shape index (κ1) is 10.9. The highest BCUT2D eigenvalue weighted by Crippen LogP contribution is 2.32. The third kappa shape index (κ3) is 2.30. The Hall–Kier alpha value is -0.640. The second-order valence-electron chi connectivity index (χ2n) is 4.19. The normalized spacial score (nSPS) is 27.9. The van der Waals surface area contributed by atoms with Crippen LogP contribution in [0.15, 0.2) is 18.5 Å². The molecule has 2 atom stereocenters. The van der Waals surface area contributed by atoms with E-state index >= 15 is 0 Å². The minimum absolute atomic E-state index is 0.293. The topological polar surface area (TPSA) is 42.1 Å². The third-order valence-corrected chi connectivity index (χ3v) is 3.36. The summed E-state index contributed by atoms with van der Waals surface area (Å²) in [6.45, 7) is 0.926. The lowest BCUT2D eigenvalue weighted by Crippen LogP contribution is -2.42. The van der Waals surface area contributed by atoms with Gasteiger partial charge in [0.2, 0.25) is 0 Å². The minimum Gasteiger partial charge on any atom is -0.327 e. The lowest BCUT2D eigenvalue weighted by atomic mass is 9.95. The fourth-order valence-corrected chi connectivity index (χ4v) is 2.44. The van der Waals surface area contributed by atoms with E-state index in [4.69, 9.17) is 17.3 Å². The van der Waals surface area contributed by atoms with E-state index in [0.717, 1.165) is 30.0 Å². The molecule has 0 aromatic carbocycles. The number of likely N-dealkylation sites (N-methyl/N-ethyl adjacent to an activating group) is 1. The van der Waals surface area contributed by atoms with Crippen LogP contribution in [0.1, 0.15) is 24.4 Å². The van der Waals surface area contributed by atoms with Gasteiger partial charge in [-0.25, -0.2) is 0 Å². The largest absolute Gasteiger partial charge is 0.327 e. The Bertz CT molecular complexity index is 342. The molecule has 1 fully saturated rings. The van der Waals surface area contributed by atoms with E-state index in [2.05, 4.69) is 16.9 Å². The van der Waals surface area contributed by atoms with Gasteiger partial charge in [0, 0.05) is 41.6 Å². The van der Waals surface area contributed by atoms with E-state index in [-0.39, 0.29) is 0 Å². The van der Waals surface area contributed by atoms with E-state index in [0.29, 0.717) is 12.1 Å². The molecule has 1 aromatic rings. The zero-order chi connectivity index (χ0) is 10.8. The molecule has 1 aromatic heterocycles. The summed E-state index contributed by atoms with van der Waals surface area (Å²) in [7, 11) is 2.09. The molecule has 0 radical (unpaired) electrons. The highest BCUT2D eigenvalue weighted by Gasteiger charge is 2.26. The van der Waals surface area contributed by atoms with Crippen LogP contribution in [0.5, 0.6) is 0 Å². The lowest BCUT2D eigenvalue weighted by molar-refractivity contribution is 0.169. The fraction of sp³-hybridized carbons (Fsp3) is 0.545. The van der Waals surface area contributed by atoms with Gasteiger partial charge in [0.05, 0.1) is 0 Å². The predicted molar refractivity (Wildman–Crippen MR) is 61.8 cm³/mol. The summed E-state index contributed by atoms with van der Waals surface area (Å²) >= 11 is 6.16. The number of nitrogens with two attached hydrogens (primary N) is 1. The molecule has 1 aliphatic heterocycles. The molecule has 82 valence electrons. The average molecular weight is 226 g/mol. The maximum atomic E-state index is 6.16. The fourth-order valence-electron chi connectivity index (χ4n) is 2.21. The summed E-state index contributed by atoms with van der Waals surface area (Å²) in [6.07, 6.45) is 5.70. The number of nitrogens with zero attached hydrogens (tertiary/aromatic N) is 2. The maximum absolute atomic E-state index is 6.16. The Morgan fingerprint density at radius 2 is 2.33 bits per heavy atom. The van der Waals surface area contributed by atoms with Gasteiger partial charge in [-0.2, -0.15) is 0 Å². The van der Waals surface area contributed by atoms with E-state index < -0.39 is 0 Å². The van der Waals surface area contributed by atoms with Crippen molar-refractivity contribution in [2.75, 3.05) is 13.6 Å². The molecule has 2 N–H and O–H groups in total. The van der Waals surface area contributed by atoms with Gasteiger partial charge in [-0.05, 0) is 26.0 Å². The zero-order valence-corrected chi connectivity index (χ0v) is 9.61. The Balaban J connectivity index is 2.20. The first-order valence-corrected chi connectivity index (χ1v) is 5.61. The quantitative estimate of drug-likeness (QED) is 0.793. The molecule has 3 nitrogen and oxygen atoms in total. The van der Waals surface area contributed by atoms with Crippen molar-refractivity contribution < 1.29 is 0 Å². The number of hydrogen-bond acceptors (Lipinski definition) is 3. The SMILES string of the molecule is CN1CC(N)CCC1c1cnccc1Cl. The van der Waals surface area contributed by atoms with Crippen LogP contribution in [0.4, 0.5) is 0 Å². The van der Waals surface area contributed by atoms with Crippen LogP contribution in [0.25, 0.3) is 0 Å². The van der Waals surface area contributed by atoms with Crippen LogP contribution in [0.3, 0.4) is 0 Å². The molecule has 0 saturated carbocycles. The number of halogens is 1.